The normalized spacial score (nSPS) is 13.7. The molecule has 14 rings (SSSR count). The van der Waals surface area contributed by atoms with Gasteiger partial charge in [-0.2, -0.15) is 0 Å². The van der Waals surface area contributed by atoms with Gasteiger partial charge in [0.2, 0.25) is 0 Å². The number of rotatable bonds is 9. The number of hydrogen-bond acceptors (Lipinski definition) is 12. The molecule has 0 N–H and O–H groups in total. The van der Waals surface area contributed by atoms with E-state index in [1.807, 2.05) is 60.7 Å². The monoisotopic (exact) mass is 1030 g/mol. The molecule has 8 heterocycles. The predicted molar refractivity (Wildman–Crippen MR) is 316 cm³/mol. The summed E-state index contributed by atoms with van der Waals surface area (Å²) in [5.74, 6) is 2.77. The fourth-order valence-corrected chi connectivity index (χ4v) is 11.4. The lowest BCUT2D eigenvalue weighted by Gasteiger charge is -2.42. The molecule has 0 saturated heterocycles. The summed E-state index contributed by atoms with van der Waals surface area (Å²) >= 11 is 0. The van der Waals surface area contributed by atoms with Crippen LogP contribution >= 0.6 is 0 Å². The molecule has 2 aliphatic heterocycles. The zero-order valence-corrected chi connectivity index (χ0v) is 44.3. The van der Waals surface area contributed by atoms with Crippen molar-refractivity contribution in [3.8, 4) is 79.7 Å². The average Bonchev–Trinajstić information content (AvgIpc) is 3.66. The van der Waals surface area contributed by atoms with Gasteiger partial charge in [-0.25, -0.2) is 29.9 Å². The highest BCUT2D eigenvalue weighted by Gasteiger charge is 2.39. The van der Waals surface area contributed by atoms with E-state index in [2.05, 4.69) is 181 Å². The van der Waals surface area contributed by atoms with Gasteiger partial charge in [-0.05, 0) is 143 Å². The summed E-state index contributed by atoms with van der Waals surface area (Å²) in [7, 11) is 0. The van der Waals surface area contributed by atoms with E-state index in [9.17, 15) is 0 Å². The van der Waals surface area contributed by atoms with Crippen LogP contribution in [0, 0.1) is 0 Å². The van der Waals surface area contributed by atoms with Gasteiger partial charge in [-0.3, -0.25) is 19.9 Å². The van der Waals surface area contributed by atoms with Gasteiger partial charge in [-0.1, -0.05) is 113 Å². The average molecular weight is 1040 g/mol. The maximum atomic E-state index is 5.27. The molecule has 0 bridgehead atoms. The van der Waals surface area contributed by atoms with Gasteiger partial charge in [-0.15, -0.1) is 0 Å². The SMILES string of the molecule is CC1(C)c2ccccc2N(c2cc(-c3cc(-c4nc(-c5cccnc5)nc(-c5ccccn5)n4)cc(N4c5ccccc5C(C)(C)c5ccccc54)c3)cc(-c3nc(-c4cccnc4)nc(-c4ccccn4)n3)c2)c2ccccc21. The highest BCUT2D eigenvalue weighted by Crippen LogP contribution is 2.55. The fraction of sp³-hybridized carbons (Fsp3) is 0.0882. The molecule has 0 spiro atoms. The lowest BCUT2D eigenvalue weighted by atomic mass is 9.73. The van der Waals surface area contributed by atoms with Crippen LogP contribution in [0.15, 0.2) is 231 Å². The fourth-order valence-electron chi connectivity index (χ4n) is 11.4. The minimum atomic E-state index is -0.291. The first-order chi connectivity index (χ1) is 39.2. The Labute approximate surface area is 463 Å². The van der Waals surface area contributed by atoms with Crippen molar-refractivity contribution in [2.75, 3.05) is 9.80 Å². The second-order valence-corrected chi connectivity index (χ2v) is 21.1. The number of pyridine rings is 4. The van der Waals surface area contributed by atoms with Crippen LogP contribution in [0.3, 0.4) is 0 Å². The van der Waals surface area contributed by atoms with Crippen molar-refractivity contribution in [1.29, 1.82) is 0 Å². The quantitative estimate of drug-likeness (QED) is 0.136. The largest absolute Gasteiger partial charge is 0.310 e. The molecule has 382 valence electrons. The Morgan fingerprint density at radius 2 is 0.613 bits per heavy atom. The lowest BCUT2D eigenvalue weighted by molar-refractivity contribution is 0.631. The summed E-state index contributed by atoms with van der Waals surface area (Å²) in [4.78, 5) is 54.2. The van der Waals surface area contributed by atoms with Gasteiger partial charge in [0.05, 0.1) is 22.7 Å². The van der Waals surface area contributed by atoms with Crippen LogP contribution in [0.25, 0.3) is 79.7 Å². The predicted octanol–water partition coefficient (Wildman–Crippen LogP) is 15.5. The molecule has 0 amide bonds. The Bertz CT molecular complexity index is 3830. The van der Waals surface area contributed by atoms with Crippen LogP contribution in [0.4, 0.5) is 34.1 Å². The van der Waals surface area contributed by atoms with E-state index in [-0.39, 0.29) is 10.8 Å². The molecule has 0 fully saturated rings. The summed E-state index contributed by atoms with van der Waals surface area (Å²) in [6.45, 7) is 9.22. The Morgan fingerprint density at radius 1 is 0.287 bits per heavy atom. The second-order valence-electron chi connectivity index (χ2n) is 21.1. The molecule has 2 aliphatic rings. The van der Waals surface area contributed by atoms with Crippen molar-refractivity contribution in [1.82, 2.24) is 49.8 Å². The van der Waals surface area contributed by atoms with Crippen molar-refractivity contribution in [3.05, 3.63) is 254 Å². The Hall–Kier alpha value is -10.5. The number of fused-ring (bicyclic) bond motifs is 4. The smallest absolute Gasteiger partial charge is 0.182 e. The lowest BCUT2D eigenvalue weighted by Crippen LogP contribution is -2.30. The van der Waals surface area contributed by atoms with Gasteiger partial charge in [0.25, 0.3) is 0 Å². The topological polar surface area (TPSA) is 135 Å². The molecule has 0 radical (unpaired) electrons. The van der Waals surface area contributed by atoms with E-state index in [1.165, 1.54) is 22.3 Å². The van der Waals surface area contributed by atoms with Crippen LogP contribution in [-0.2, 0) is 10.8 Å². The maximum absolute atomic E-state index is 5.27. The van der Waals surface area contributed by atoms with Crippen molar-refractivity contribution in [3.63, 3.8) is 0 Å². The summed E-state index contributed by atoms with van der Waals surface area (Å²) in [6.07, 6.45) is 10.6. The summed E-state index contributed by atoms with van der Waals surface area (Å²) in [5.41, 5.74) is 16.4. The molecule has 0 atom stereocenters. The highest BCUT2D eigenvalue weighted by atomic mass is 15.2. The number of nitrogens with zero attached hydrogens (tertiary/aromatic N) is 12. The van der Waals surface area contributed by atoms with Gasteiger partial charge >= 0.3 is 0 Å². The number of aromatic nitrogens is 10. The van der Waals surface area contributed by atoms with Crippen molar-refractivity contribution >= 4 is 34.1 Å². The maximum Gasteiger partial charge on any atom is 0.182 e. The summed E-state index contributed by atoms with van der Waals surface area (Å²) < 4.78 is 0. The number of anilines is 6. The molecule has 12 aromatic rings. The molecule has 80 heavy (non-hydrogen) atoms. The van der Waals surface area contributed by atoms with E-state index in [0.717, 1.165) is 67.5 Å². The number of benzene rings is 6. The molecule has 0 unspecified atom stereocenters. The van der Waals surface area contributed by atoms with Crippen LogP contribution in [0.1, 0.15) is 49.9 Å². The first kappa shape index (κ1) is 48.0. The Balaban J connectivity index is 1.07. The van der Waals surface area contributed by atoms with E-state index in [0.29, 0.717) is 46.3 Å². The van der Waals surface area contributed by atoms with Crippen LogP contribution < -0.4 is 9.80 Å². The van der Waals surface area contributed by atoms with Gasteiger partial charge in [0, 0.05) is 81.6 Å². The van der Waals surface area contributed by atoms with Gasteiger partial charge < -0.3 is 9.80 Å². The van der Waals surface area contributed by atoms with Crippen molar-refractivity contribution in [2.24, 2.45) is 0 Å². The zero-order valence-electron chi connectivity index (χ0n) is 44.3. The molecule has 12 nitrogen and oxygen atoms in total. The first-order valence-electron chi connectivity index (χ1n) is 26.6. The molecule has 0 saturated carbocycles. The number of hydrogen-bond donors (Lipinski definition) is 0. The molecule has 0 aliphatic carbocycles. The zero-order chi connectivity index (χ0) is 54.0. The third kappa shape index (κ3) is 8.32. The number of para-hydroxylation sites is 4. The van der Waals surface area contributed by atoms with Gasteiger partial charge in [0.15, 0.2) is 34.9 Å². The van der Waals surface area contributed by atoms with Gasteiger partial charge in [0.1, 0.15) is 11.4 Å². The summed E-state index contributed by atoms with van der Waals surface area (Å²) in [5, 5.41) is 0. The van der Waals surface area contributed by atoms with E-state index < -0.39 is 0 Å². The Kier molecular flexibility index (Phi) is 11.5. The van der Waals surface area contributed by atoms with E-state index in [4.69, 9.17) is 39.9 Å². The highest BCUT2D eigenvalue weighted by molar-refractivity contribution is 5.93. The third-order valence-corrected chi connectivity index (χ3v) is 15.4. The van der Waals surface area contributed by atoms with Crippen LogP contribution in [0.2, 0.25) is 0 Å². The first-order valence-corrected chi connectivity index (χ1v) is 26.6. The molecular weight excluding hydrogens is 985 g/mol. The minimum absolute atomic E-state index is 0.291. The minimum Gasteiger partial charge on any atom is -0.310 e. The second kappa shape index (κ2) is 19.2. The molecular formula is C68H50N12. The molecule has 6 aromatic carbocycles. The van der Waals surface area contributed by atoms with E-state index in [1.54, 1.807) is 37.2 Å². The van der Waals surface area contributed by atoms with Crippen molar-refractivity contribution in [2.45, 2.75) is 38.5 Å². The molecule has 6 aromatic heterocycles. The third-order valence-electron chi connectivity index (χ3n) is 15.4. The molecule has 12 heteroatoms. The van der Waals surface area contributed by atoms with Crippen molar-refractivity contribution < 1.29 is 0 Å². The van der Waals surface area contributed by atoms with Crippen LogP contribution in [-0.4, -0.2) is 49.8 Å². The van der Waals surface area contributed by atoms with Crippen LogP contribution in [0.5, 0.6) is 0 Å². The summed E-state index contributed by atoms with van der Waals surface area (Å²) in [6, 6.07) is 67.3. The van der Waals surface area contributed by atoms with E-state index >= 15 is 0 Å². The Morgan fingerprint density at radius 3 is 0.950 bits per heavy atom. The standard InChI is InChI=1S/C68H50N12/c1-67(2)51-21-5-9-27-57(51)79(58-28-10-6-22-52(58)67)49-37-45(35-47(39-49)63-73-61(43-19-17-31-69-41-43)75-65(77-63)55-25-13-15-33-71-55)46-36-48(64-74-62(44-20-18-32-70-42-44)76-66(78-64)56-26-14-16-34-72-56)40-50(38-46)80-59-29-11-7-23-53(59)68(3,4)54-24-8-12-30-60(54)80/h5-42H,1-4H3.